The number of hydrogen-bond donors (Lipinski definition) is 1. The van der Waals surface area contributed by atoms with Crippen LogP contribution < -0.4 is 10.1 Å². The maximum Gasteiger partial charge on any atom is 0.261 e. The fourth-order valence-corrected chi connectivity index (χ4v) is 4.78. The first kappa shape index (κ1) is 26.7. The molecule has 1 atom stereocenters. The van der Waals surface area contributed by atoms with E-state index in [0.717, 1.165) is 36.8 Å². The second kappa shape index (κ2) is 12.1. The molecule has 0 aliphatic heterocycles. The second-order valence-electron chi connectivity index (χ2n) is 8.94. The van der Waals surface area contributed by atoms with E-state index >= 15 is 0 Å². The zero-order valence-corrected chi connectivity index (χ0v) is 22.1. The van der Waals surface area contributed by atoms with Crippen LogP contribution in [0.4, 0.5) is 0 Å². The summed E-state index contributed by atoms with van der Waals surface area (Å²) in [4.78, 5) is 27.9. The van der Waals surface area contributed by atoms with Crippen LogP contribution in [-0.4, -0.2) is 35.4 Å². The zero-order valence-electron chi connectivity index (χ0n) is 19.8. The van der Waals surface area contributed by atoms with Crippen molar-refractivity contribution in [1.82, 2.24) is 10.2 Å². The predicted molar refractivity (Wildman–Crippen MR) is 138 cm³/mol. The molecule has 8 heteroatoms. The van der Waals surface area contributed by atoms with E-state index in [1.54, 1.807) is 37.3 Å². The molecule has 0 heterocycles. The van der Waals surface area contributed by atoms with Crippen molar-refractivity contribution in [2.75, 3.05) is 6.61 Å². The molecule has 184 valence electrons. The summed E-state index contributed by atoms with van der Waals surface area (Å²) in [6, 6.07) is 8.15. The third-order valence-corrected chi connectivity index (χ3v) is 7.43. The number of halogens is 3. The molecule has 2 aromatic rings. The Labute approximate surface area is 216 Å². The van der Waals surface area contributed by atoms with E-state index in [1.807, 2.05) is 13.8 Å². The molecule has 1 aliphatic carbocycles. The highest BCUT2D eigenvalue weighted by Gasteiger charge is 2.29. The van der Waals surface area contributed by atoms with Crippen LogP contribution >= 0.6 is 34.8 Å². The molecule has 2 aromatic carbocycles. The Bertz CT molecular complexity index is 1010. The quantitative estimate of drug-likeness (QED) is 0.427. The van der Waals surface area contributed by atoms with Gasteiger partial charge in [0.2, 0.25) is 5.91 Å². The Hall–Kier alpha value is -1.95. The van der Waals surface area contributed by atoms with Gasteiger partial charge in [0.05, 0.1) is 0 Å². The number of aryl methyl sites for hydroxylation is 2. The highest BCUT2D eigenvalue weighted by molar-refractivity contribution is 6.35. The van der Waals surface area contributed by atoms with Gasteiger partial charge in [0.1, 0.15) is 11.8 Å². The molecule has 0 unspecified atom stereocenters. The minimum Gasteiger partial charge on any atom is -0.484 e. The van der Waals surface area contributed by atoms with Gasteiger partial charge in [0.15, 0.2) is 6.61 Å². The zero-order chi connectivity index (χ0) is 24.8. The molecular formula is C26H31Cl3N2O3. The van der Waals surface area contributed by atoms with Gasteiger partial charge in [-0.1, -0.05) is 60.1 Å². The van der Waals surface area contributed by atoms with E-state index in [2.05, 4.69) is 5.32 Å². The fraction of sp³-hybridized carbons (Fsp3) is 0.462. The molecule has 0 aromatic heterocycles. The van der Waals surface area contributed by atoms with Crippen molar-refractivity contribution in [3.8, 4) is 5.75 Å². The number of benzene rings is 2. The fourth-order valence-electron chi connectivity index (χ4n) is 4.20. The molecule has 34 heavy (non-hydrogen) atoms. The van der Waals surface area contributed by atoms with Gasteiger partial charge in [0, 0.05) is 27.7 Å². The van der Waals surface area contributed by atoms with Crippen LogP contribution in [0, 0.1) is 13.8 Å². The van der Waals surface area contributed by atoms with Crippen LogP contribution in [0.15, 0.2) is 30.3 Å². The highest BCUT2D eigenvalue weighted by Crippen LogP contribution is 2.27. The average Bonchev–Trinajstić information content (AvgIpc) is 2.80. The lowest BCUT2D eigenvalue weighted by atomic mass is 9.95. The number of nitrogens with zero attached hydrogens (tertiary/aromatic N) is 1. The van der Waals surface area contributed by atoms with E-state index in [4.69, 9.17) is 39.5 Å². The van der Waals surface area contributed by atoms with Gasteiger partial charge in [-0.25, -0.2) is 0 Å². The predicted octanol–water partition coefficient (Wildman–Crippen LogP) is 6.51. The first-order valence-corrected chi connectivity index (χ1v) is 12.7. The largest absolute Gasteiger partial charge is 0.484 e. The van der Waals surface area contributed by atoms with Crippen molar-refractivity contribution in [2.45, 2.75) is 71.5 Å². The maximum atomic E-state index is 13.3. The molecular weight excluding hydrogens is 495 g/mol. The smallest absolute Gasteiger partial charge is 0.261 e. The van der Waals surface area contributed by atoms with Gasteiger partial charge >= 0.3 is 0 Å². The second-order valence-corrected chi connectivity index (χ2v) is 10.2. The van der Waals surface area contributed by atoms with Crippen molar-refractivity contribution in [1.29, 1.82) is 0 Å². The Morgan fingerprint density at radius 2 is 1.71 bits per heavy atom. The van der Waals surface area contributed by atoms with Crippen molar-refractivity contribution in [3.05, 3.63) is 62.1 Å². The molecule has 1 fully saturated rings. The van der Waals surface area contributed by atoms with Crippen LogP contribution in [0.2, 0.25) is 15.1 Å². The Morgan fingerprint density at radius 3 is 2.32 bits per heavy atom. The molecule has 0 radical (unpaired) electrons. The number of hydrogen-bond acceptors (Lipinski definition) is 3. The summed E-state index contributed by atoms with van der Waals surface area (Å²) in [5, 5.41) is 4.73. The summed E-state index contributed by atoms with van der Waals surface area (Å²) in [5.41, 5.74) is 2.44. The van der Waals surface area contributed by atoms with Gasteiger partial charge in [-0.05, 0) is 74.6 Å². The van der Waals surface area contributed by atoms with Gasteiger partial charge in [-0.15, -0.1) is 0 Å². The lowest BCUT2D eigenvalue weighted by Crippen LogP contribution is -2.51. The molecule has 0 saturated heterocycles. The molecule has 1 saturated carbocycles. The Balaban J connectivity index is 1.76. The summed E-state index contributed by atoms with van der Waals surface area (Å²) in [6.07, 6.45) is 5.34. The summed E-state index contributed by atoms with van der Waals surface area (Å²) in [5.74, 6) is 0.0580. The lowest BCUT2D eigenvalue weighted by molar-refractivity contribution is -0.142. The molecule has 0 spiro atoms. The SMILES string of the molecule is Cc1cc(OCC(=O)N(Cc2ccc(Cl)cc2Cl)[C@@H](C)C(=O)NC2CCCCC2)cc(C)c1Cl. The molecule has 0 bridgehead atoms. The summed E-state index contributed by atoms with van der Waals surface area (Å²) in [7, 11) is 0. The van der Waals surface area contributed by atoms with Gasteiger partial charge < -0.3 is 15.0 Å². The van der Waals surface area contributed by atoms with Crippen molar-refractivity contribution in [3.63, 3.8) is 0 Å². The third-order valence-electron chi connectivity index (χ3n) is 6.25. The van der Waals surface area contributed by atoms with Crippen LogP contribution in [0.5, 0.6) is 5.75 Å². The number of ether oxygens (including phenoxy) is 1. The maximum absolute atomic E-state index is 13.3. The molecule has 3 rings (SSSR count). The topological polar surface area (TPSA) is 58.6 Å². The first-order valence-electron chi connectivity index (χ1n) is 11.6. The normalized spacial score (nSPS) is 15.0. The number of carbonyl (C=O) groups excluding carboxylic acids is 2. The van der Waals surface area contributed by atoms with E-state index in [1.165, 1.54) is 11.3 Å². The van der Waals surface area contributed by atoms with Crippen molar-refractivity contribution < 1.29 is 14.3 Å². The minimum atomic E-state index is -0.696. The molecule has 1 N–H and O–H groups in total. The lowest BCUT2D eigenvalue weighted by Gasteiger charge is -2.31. The number of rotatable bonds is 8. The van der Waals surface area contributed by atoms with Gasteiger partial charge in [0.25, 0.3) is 5.91 Å². The van der Waals surface area contributed by atoms with E-state index in [0.29, 0.717) is 26.4 Å². The average molecular weight is 526 g/mol. The van der Waals surface area contributed by atoms with Crippen LogP contribution in [0.3, 0.4) is 0 Å². The van der Waals surface area contributed by atoms with E-state index in [9.17, 15) is 9.59 Å². The molecule has 5 nitrogen and oxygen atoms in total. The van der Waals surface area contributed by atoms with Crippen molar-refractivity contribution in [2.24, 2.45) is 0 Å². The van der Waals surface area contributed by atoms with Crippen LogP contribution in [0.1, 0.15) is 55.7 Å². The number of carbonyl (C=O) groups is 2. The van der Waals surface area contributed by atoms with Crippen molar-refractivity contribution >= 4 is 46.6 Å². The molecule has 2 amide bonds. The number of amides is 2. The van der Waals surface area contributed by atoms with E-state index in [-0.39, 0.29) is 31.0 Å². The Morgan fingerprint density at radius 1 is 1.06 bits per heavy atom. The highest BCUT2D eigenvalue weighted by atomic mass is 35.5. The van der Waals surface area contributed by atoms with E-state index < -0.39 is 6.04 Å². The van der Waals surface area contributed by atoms with Gasteiger partial charge in [-0.3, -0.25) is 9.59 Å². The third kappa shape index (κ3) is 7.03. The standard InChI is InChI=1S/C26H31Cl3N2O3/c1-16-11-22(12-17(2)25(16)29)34-15-24(32)31(14-19-9-10-20(27)13-23(19)28)18(3)26(33)30-21-7-5-4-6-8-21/h9-13,18,21H,4-8,14-15H2,1-3H3,(H,30,33)/t18-/m0/s1. The Kier molecular flexibility index (Phi) is 9.52. The van der Waals surface area contributed by atoms with Crippen LogP contribution in [0.25, 0.3) is 0 Å². The first-order chi connectivity index (χ1) is 16.2. The minimum absolute atomic E-state index is 0.149. The number of nitrogens with one attached hydrogen (secondary N) is 1. The van der Waals surface area contributed by atoms with Gasteiger partial charge in [-0.2, -0.15) is 0 Å². The monoisotopic (exact) mass is 524 g/mol. The summed E-state index contributed by atoms with van der Waals surface area (Å²) < 4.78 is 5.80. The molecule has 1 aliphatic rings. The van der Waals surface area contributed by atoms with Crippen LogP contribution in [-0.2, 0) is 16.1 Å². The summed E-state index contributed by atoms with van der Waals surface area (Å²) >= 11 is 18.6. The summed E-state index contributed by atoms with van der Waals surface area (Å²) in [6.45, 7) is 5.45.